The van der Waals surface area contributed by atoms with Gasteiger partial charge in [0, 0.05) is 6.92 Å². The molecule has 0 amide bonds. The molecule has 140 valence electrons. The van der Waals surface area contributed by atoms with Gasteiger partial charge in [-0.2, -0.15) is 35.1 Å². The van der Waals surface area contributed by atoms with Crippen LogP contribution in [0.25, 0.3) is 0 Å². The summed E-state index contributed by atoms with van der Waals surface area (Å²) in [5.41, 5.74) is 0. The molecule has 0 aromatic carbocycles. The van der Waals surface area contributed by atoms with E-state index < -0.39 is 59.6 Å². The second-order valence-corrected chi connectivity index (χ2v) is 5.72. The summed E-state index contributed by atoms with van der Waals surface area (Å²) >= 11 is 0. The van der Waals surface area contributed by atoms with Gasteiger partial charge in [0.05, 0.1) is 13.2 Å². The molecular formula is C9H11F8O5S-. The number of hydrogen-bond acceptors (Lipinski definition) is 5. The van der Waals surface area contributed by atoms with E-state index in [0.29, 0.717) is 0 Å². The van der Waals surface area contributed by atoms with Crippen LogP contribution < -0.4 is 0 Å². The van der Waals surface area contributed by atoms with Crippen molar-refractivity contribution >= 4 is 10.1 Å². The Bertz CT molecular complexity index is 487. The van der Waals surface area contributed by atoms with Crippen LogP contribution in [0.5, 0.6) is 0 Å². The Balaban J connectivity index is 4.29. The first-order chi connectivity index (χ1) is 9.96. The highest BCUT2D eigenvalue weighted by atomic mass is 32.2. The van der Waals surface area contributed by atoms with Crippen LogP contribution in [0, 0.1) is 0 Å². The summed E-state index contributed by atoms with van der Waals surface area (Å²) in [5.74, 6) is -4.50. The largest absolute Gasteiger partial charge is 0.743 e. The molecule has 0 aliphatic heterocycles. The first-order valence-electron chi connectivity index (χ1n) is 5.70. The van der Waals surface area contributed by atoms with Crippen LogP contribution in [0.3, 0.4) is 0 Å². The molecule has 0 bridgehead atoms. The van der Waals surface area contributed by atoms with E-state index in [9.17, 15) is 48.1 Å². The molecule has 0 fully saturated rings. The summed E-state index contributed by atoms with van der Waals surface area (Å²) in [6, 6.07) is 0. The van der Waals surface area contributed by atoms with E-state index in [1.54, 1.807) is 0 Å². The highest BCUT2D eigenvalue weighted by Gasteiger charge is 2.63. The van der Waals surface area contributed by atoms with Gasteiger partial charge in [0.25, 0.3) is 0 Å². The smallest absolute Gasteiger partial charge is 0.433 e. The van der Waals surface area contributed by atoms with Gasteiger partial charge in [0.2, 0.25) is 0 Å². The molecule has 0 heterocycles. The summed E-state index contributed by atoms with van der Waals surface area (Å²) < 4.78 is 137. The van der Waals surface area contributed by atoms with E-state index in [2.05, 4.69) is 9.47 Å². The van der Waals surface area contributed by atoms with E-state index in [1.165, 1.54) is 0 Å². The topological polar surface area (TPSA) is 75.7 Å². The fourth-order valence-corrected chi connectivity index (χ4v) is 1.31. The van der Waals surface area contributed by atoms with Crippen LogP contribution in [-0.2, 0) is 19.6 Å². The molecule has 0 aliphatic rings. The van der Waals surface area contributed by atoms with Crippen molar-refractivity contribution in [3.63, 3.8) is 0 Å². The van der Waals surface area contributed by atoms with E-state index in [-0.39, 0.29) is 6.92 Å². The predicted octanol–water partition coefficient (Wildman–Crippen LogP) is 2.78. The normalized spacial score (nSPS) is 15.0. The van der Waals surface area contributed by atoms with Gasteiger partial charge in [-0.25, -0.2) is 8.42 Å². The van der Waals surface area contributed by atoms with Gasteiger partial charge in [-0.3, -0.25) is 0 Å². The number of halogens is 8. The van der Waals surface area contributed by atoms with Crippen LogP contribution in [-0.4, -0.2) is 49.6 Å². The zero-order valence-electron chi connectivity index (χ0n) is 11.3. The Labute approximate surface area is 125 Å². The average molecular weight is 383 g/mol. The molecule has 0 radical (unpaired) electrons. The Morgan fingerprint density at radius 1 is 0.826 bits per heavy atom. The highest BCUT2D eigenvalue weighted by molar-refractivity contribution is 7.86. The van der Waals surface area contributed by atoms with Crippen molar-refractivity contribution in [3.05, 3.63) is 0 Å². The molecule has 0 saturated carbocycles. The van der Waals surface area contributed by atoms with Crippen LogP contribution >= 0.6 is 0 Å². The maximum atomic E-state index is 12.8. The summed E-state index contributed by atoms with van der Waals surface area (Å²) in [4.78, 5) is 0. The van der Waals surface area contributed by atoms with Crippen LogP contribution in [0.2, 0.25) is 0 Å². The third-order valence-electron chi connectivity index (χ3n) is 2.27. The van der Waals surface area contributed by atoms with Crippen LogP contribution in [0.4, 0.5) is 35.1 Å². The van der Waals surface area contributed by atoms with Crippen LogP contribution in [0.1, 0.15) is 19.8 Å². The van der Waals surface area contributed by atoms with Crippen molar-refractivity contribution in [2.45, 2.75) is 43.2 Å². The van der Waals surface area contributed by atoms with E-state index in [4.69, 9.17) is 0 Å². The lowest BCUT2D eigenvalue weighted by molar-refractivity contribution is -0.342. The number of hydrogen-bond donors (Lipinski definition) is 0. The predicted molar refractivity (Wildman–Crippen MR) is 56.3 cm³/mol. The zero-order valence-corrected chi connectivity index (χ0v) is 12.1. The number of alkyl halides is 8. The Hall–Kier alpha value is -0.730. The molecule has 0 spiro atoms. The third kappa shape index (κ3) is 5.69. The van der Waals surface area contributed by atoms with Gasteiger partial charge < -0.3 is 14.0 Å². The lowest BCUT2D eigenvalue weighted by Crippen LogP contribution is -2.48. The third-order valence-corrected chi connectivity index (χ3v) is 3.13. The fraction of sp³-hybridized carbons (Fsp3) is 1.00. The second-order valence-electron chi connectivity index (χ2n) is 4.30. The standard InChI is InChI=1S/C9H12F8O5S/c1-6(10,11)7(12,13)21-4-2-3-5-22-8(14,15)9(16,17)23(18,19)20/h2-5H2,1H3,(H,18,19,20)/p-1. The van der Waals surface area contributed by atoms with Crippen molar-refractivity contribution in [2.24, 2.45) is 0 Å². The lowest BCUT2D eigenvalue weighted by atomic mass is 10.3. The highest BCUT2D eigenvalue weighted by Crippen LogP contribution is 2.39. The minimum Gasteiger partial charge on any atom is -0.743 e. The van der Waals surface area contributed by atoms with Crippen molar-refractivity contribution < 1.29 is 57.6 Å². The summed E-state index contributed by atoms with van der Waals surface area (Å²) in [7, 11) is -6.71. The molecule has 0 N–H and O–H groups in total. The molecule has 23 heavy (non-hydrogen) atoms. The van der Waals surface area contributed by atoms with Crippen molar-refractivity contribution in [2.75, 3.05) is 13.2 Å². The summed E-state index contributed by atoms with van der Waals surface area (Å²) in [5, 5.41) is -6.03. The Morgan fingerprint density at radius 2 is 1.17 bits per heavy atom. The van der Waals surface area contributed by atoms with Crippen LogP contribution in [0.15, 0.2) is 0 Å². The molecule has 0 rings (SSSR count). The first-order valence-corrected chi connectivity index (χ1v) is 7.11. The lowest BCUT2D eigenvalue weighted by Gasteiger charge is -2.27. The van der Waals surface area contributed by atoms with Gasteiger partial charge in [-0.1, -0.05) is 0 Å². The Kier molecular flexibility index (Phi) is 6.80. The SMILES string of the molecule is CC(F)(F)C(F)(F)OCCCCOC(F)(F)C(F)(F)S(=O)(=O)[O-]. The van der Waals surface area contributed by atoms with Gasteiger partial charge >= 0.3 is 23.4 Å². The van der Waals surface area contributed by atoms with Crippen molar-refractivity contribution in [1.29, 1.82) is 0 Å². The molecule has 0 aromatic rings. The molecule has 0 aromatic heterocycles. The molecule has 0 atom stereocenters. The van der Waals surface area contributed by atoms with Crippen molar-refractivity contribution in [1.82, 2.24) is 0 Å². The van der Waals surface area contributed by atoms with Gasteiger partial charge in [-0.15, -0.1) is 0 Å². The van der Waals surface area contributed by atoms with E-state index >= 15 is 0 Å². The monoisotopic (exact) mass is 383 g/mol. The minimum absolute atomic E-state index is 0.123. The molecule has 0 saturated heterocycles. The minimum atomic E-state index is -6.71. The number of unbranched alkanes of at least 4 members (excludes halogenated alkanes) is 1. The maximum Gasteiger partial charge on any atom is 0.433 e. The molecule has 14 heteroatoms. The average Bonchev–Trinajstić information content (AvgIpc) is 2.30. The summed E-state index contributed by atoms with van der Waals surface area (Å²) in [6.45, 7) is -2.43. The van der Waals surface area contributed by atoms with E-state index in [0.717, 1.165) is 0 Å². The number of ether oxygens (including phenoxy) is 2. The van der Waals surface area contributed by atoms with Gasteiger partial charge in [0.1, 0.15) is 0 Å². The molecular weight excluding hydrogens is 372 g/mol. The molecule has 5 nitrogen and oxygen atoms in total. The Morgan fingerprint density at radius 3 is 1.48 bits per heavy atom. The first kappa shape index (κ1) is 22.3. The fourth-order valence-electron chi connectivity index (χ4n) is 0.961. The van der Waals surface area contributed by atoms with Gasteiger partial charge in [-0.05, 0) is 12.8 Å². The number of rotatable bonds is 10. The zero-order chi connectivity index (χ0) is 18.7. The molecule has 0 aliphatic carbocycles. The van der Waals surface area contributed by atoms with E-state index in [1.807, 2.05) is 0 Å². The maximum absolute atomic E-state index is 12.8. The molecule has 0 unspecified atom stereocenters. The van der Waals surface area contributed by atoms with Crippen molar-refractivity contribution in [3.8, 4) is 0 Å². The van der Waals surface area contributed by atoms with Gasteiger partial charge in [0.15, 0.2) is 10.1 Å². The summed E-state index contributed by atoms with van der Waals surface area (Å²) in [6.07, 6.45) is -11.7. The second kappa shape index (κ2) is 7.03. The quantitative estimate of drug-likeness (QED) is 0.329.